The quantitative estimate of drug-likeness (QED) is 0.856. The standard InChI is InChI=1S/C9H5F3N2O2/c10-7-4(3-13)1-5(2-6(15)16)14-8(7)9(11)12/h1,9H,2H2,(H,15,16). The van der Waals surface area contributed by atoms with Gasteiger partial charge in [0.1, 0.15) is 11.8 Å². The highest BCUT2D eigenvalue weighted by molar-refractivity contribution is 5.69. The van der Waals surface area contributed by atoms with E-state index in [0.717, 1.165) is 6.07 Å². The summed E-state index contributed by atoms with van der Waals surface area (Å²) in [7, 11) is 0. The van der Waals surface area contributed by atoms with Crippen molar-refractivity contribution in [1.29, 1.82) is 5.26 Å². The van der Waals surface area contributed by atoms with Gasteiger partial charge in [0.05, 0.1) is 17.7 Å². The van der Waals surface area contributed by atoms with Crippen LogP contribution in [-0.2, 0) is 11.2 Å². The Hall–Kier alpha value is -2.10. The van der Waals surface area contributed by atoms with Crippen LogP contribution in [0.4, 0.5) is 13.2 Å². The lowest BCUT2D eigenvalue weighted by Gasteiger charge is -2.05. The van der Waals surface area contributed by atoms with E-state index in [1.165, 1.54) is 6.07 Å². The Morgan fingerprint density at radius 1 is 1.62 bits per heavy atom. The van der Waals surface area contributed by atoms with E-state index in [2.05, 4.69) is 4.98 Å². The predicted molar refractivity (Wildman–Crippen MR) is 45.2 cm³/mol. The van der Waals surface area contributed by atoms with Crippen LogP contribution in [-0.4, -0.2) is 16.1 Å². The normalized spacial score (nSPS) is 10.2. The van der Waals surface area contributed by atoms with Gasteiger partial charge in [0, 0.05) is 0 Å². The molecule has 0 unspecified atom stereocenters. The molecule has 7 heteroatoms. The van der Waals surface area contributed by atoms with Crippen LogP contribution in [0.3, 0.4) is 0 Å². The fourth-order valence-corrected chi connectivity index (χ4v) is 1.08. The number of pyridine rings is 1. The van der Waals surface area contributed by atoms with E-state index in [-0.39, 0.29) is 5.69 Å². The van der Waals surface area contributed by atoms with E-state index in [1.807, 2.05) is 0 Å². The molecule has 1 aromatic rings. The minimum Gasteiger partial charge on any atom is -0.481 e. The molecule has 0 aliphatic carbocycles. The molecule has 0 saturated heterocycles. The molecule has 0 saturated carbocycles. The van der Waals surface area contributed by atoms with Gasteiger partial charge >= 0.3 is 5.97 Å². The Morgan fingerprint density at radius 3 is 2.69 bits per heavy atom. The second kappa shape index (κ2) is 4.61. The van der Waals surface area contributed by atoms with Crippen molar-refractivity contribution in [2.75, 3.05) is 0 Å². The lowest BCUT2D eigenvalue weighted by molar-refractivity contribution is -0.136. The summed E-state index contributed by atoms with van der Waals surface area (Å²) in [6.07, 6.45) is -3.84. The van der Waals surface area contributed by atoms with Crippen molar-refractivity contribution >= 4 is 5.97 Å². The smallest absolute Gasteiger partial charge is 0.309 e. The maximum Gasteiger partial charge on any atom is 0.309 e. The highest BCUT2D eigenvalue weighted by atomic mass is 19.3. The van der Waals surface area contributed by atoms with Gasteiger partial charge in [-0.15, -0.1) is 0 Å². The number of hydrogen-bond acceptors (Lipinski definition) is 3. The second-order valence-electron chi connectivity index (χ2n) is 2.84. The van der Waals surface area contributed by atoms with Gasteiger partial charge in [-0.25, -0.2) is 18.2 Å². The first-order valence-electron chi connectivity index (χ1n) is 4.05. The molecule has 0 bridgehead atoms. The lowest BCUT2D eigenvalue weighted by Crippen LogP contribution is -2.08. The number of carboxylic acids is 1. The van der Waals surface area contributed by atoms with Gasteiger partial charge in [-0.3, -0.25) is 4.79 Å². The minimum atomic E-state index is -3.19. The van der Waals surface area contributed by atoms with Crippen molar-refractivity contribution < 1.29 is 23.1 Å². The summed E-state index contributed by atoms with van der Waals surface area (Å²) in [4.78, 5) is 13.5. The van der Waals surface area contributed by atoms with Crippen molar-refractivity contribution in [3.63, 3.8) is 0 Å². The van der Waals surface area contributed by atoms with Crippen molar-refractivity contribution in [3.05, 3.63) is 28.8 Å². The molecular weight excluding hydrogens is 225 g/mol. The molecule has 0 fully saturated rings. The molecule has 1 N–H and O–H groups in total. The predicted octanol–water partition coefficient (Wildman–Crippen LogP) is 1.66. The highest BCUT2D eigenvalue weighted by Crippen LogP contribution is 2.22. The monoisotopic (exact) mass is 230 g/mol. The van der Waals surface area contributed by atoms with Crippen molar-refractivity contribution in [1.82, 2.24) is 4.98 Å². The Bertz CT molecular complexity index is 469. The summed E-state index contributed by atoms with van der Waals surface area (Å²) in [6.45, 7) is 0. The number of nitrogens with zero attached hydrogens (tertiary/aromatic N) is 2. The average Bonchev–Trinajstić information content (AvgIpc) is 2.19. The zero-order chi connectivity index (χ0) is 12.3. The van der Waals surface area contributed by atoms with E-state index in [9.17, 15) is 18.0 Å². The number of aromatic nitrogens is 1. The molecule has 0 spiro atoms. The SMILES string of the molecule is N#Cc1cc(CC(=O)O)nc(C(F)F)c1F. The third-order valence-corrected chi connectivity index (χ3v) is 1.70. The summed E-state index contributed by atoms with van der Waals surface area (Å²) >= 11 is 0. The van der Waals surface area contributed by atoms with E-state index in [4.69, 9.17) is 10.4 Å². The number of carboxylic acid groups (broad SMARTS) is 1. The van der Waals surface area contributed by atoms with Gasteiger partial charge in [-0.1, -0.05) is 0 Å². The van der Waals surface area contributed by atoms with Crippen LogP contribution in [0.15, 0.2) is 6.07 Å². The summed E-state index contributed by atoms with van der Waals surface area (Å²) in [6, 6.07) is 2.21. The third-order valence-electron chi connectivity index (χ3n) is 1.70. The summed E-state index contributed by atoms with van der Waals surface area (Å²) in [5.41, 5.74) is -2.11. The molecule has 4 nitrogen and oxygen atoms in total. The topological polar surface area (TPSA) is 74.0 Å². The first kappa shape index (κ1) is 12.0. The molecule has 0 aliphatic heterocycles. The van der Waals surface area contributed by atoms with Crippen LogP contribution in [0.1, 0.15) is 23.4 Å². The molecule has 0 amide bonds. The third kappa shape index (κ3) is 2.48. The van der Waals surface area contributed by atoms with Crippen LogP contribution < -0.4 is 0 Å². The molecule has 0 aliphatic rings. The second-order valence-corrected chi connectivity index (χ2v) is 2.84. The minimum absolute atomic E-state index is 0.277. The average molecular weight is 230 g/mol. The Morgan fingerprint density at radius 2 is 2.25 bits per heavy atom. The van der Waals surface area contributed by atoms with Gasteiger partial charge in [-0.05, 0) is 6.07 Å². The van der Waals surface area contributed by atoms with Crippen LogP contribution >= 0.6 is 0 Å². The van der Waals surface area contributed by atoms with E-state index < -0.39 is 35.9 Å². The van der Waals surface area contributed by atoms with E-state index in [1.54, 1.807) is 0 Å². The van der Waals surface area contributed by atoms with Crippen LogP contribution in [0.2, 0.25) is 0 Å². The molecule has 0 aromatic carbocycles. The summed E-state index contributed by atoms with van der Waals surface area (Å²) in [5, 5.41) is 16.9. The molecular formula is C9H5F3N2O2. The number of hydrogen-bond donors (Lipinski definition) is 1. The van der Waals surface area contributed by atoms with Crippen molar-refractivity contribution in [2.24, 2.45) is 0 Å². The number of rotatable bonds is 3. The van der Waals surface area contributed by atoms with E-state index in [0.29, 0.717) is 0 Å². The Balaban J connectivity index is 3.29. The summed E-state index contributed by atoms with van der Waals surface area (Å²) < 4.78 is 37.7. The van der Waals surface area contributed by atoms with Gasteiger partial charge in [0.25, 0.3) is 6.43 Å². The first-order valence-corrected chi connectivity index (χ1v) is 4.05. The maximum absolute atomic E-state index is 13.1. The van der Waals surface area contributed by atoms with Crippen LogP contribution in [0, 0.1) is 17.1 Å². The van der Waals surface area contributed by atoms with Crippen molar-refractivity contribution in [2.45, 2.75) is 12.8 Å². The summed E-state index contributed by atoms with van der Waals surface area (Å²) in [5.74, 6) is -2.71. The molecule has 0 radical (unpaired) electrons. The van der Waals surface area contributed by atoms with E-state index >= 15 is 0 Å². The number of halogens is 3. The van der Waals surface area contributed by atoms with Crippen molar-refractivity contribution in [3.8, 4) is 6.07 Å². The fraction of sp³-hybridized carbons (Fsp3) is 0.222. The first-order chi connectivity index (χ1) is 7.45. The van der Waals surface area contributed by atoms with Gasteiger partial charge in [0.2, 0.25) is 0 Å². The van der Waals surface area contributed by atoms with Gasteiger partial charge in [-0.2, -0.15) is 5.26 Å². The van der Waals surface area contributed by atoms with Crippen LogP contribution in [0.5, 0.6) is 0 Å². The maximum atomic E-state index is 13.1. The Labute approximate surface area is 88.0 Å². The number of aliphatic carboxylic acids is 1. The molecule has 1 aromatic heterocycles. The molecule has 84 valence electrons. The Kier molecular flexibility index (Phi) is 3.45. The zero-order valence-electron chi connectivity index (χ0n) is 7.75. The highest BCUT2D eigenvalue weighted by Gasteiger charge is 2.20. The van der Waals surface area contributed by atoms with Gasteiger partial charge in [0.15, 0.2) is 5.82 Å². The largest absolute Gasteiger partial charge is 0.481 e. The lowest BCUT2D eigenvalue weighted by atomic mass is 10.1. The molecule has 1 rings (SSSR count). The number of nitriles is 1. The number of alkyl halides is 2. The molecule has 0 atom stereocenters. The number of carbonyl (C=O) groups is 1. The zero-order valence-corrected chi connectivity index (χ0v) is 7.75. The van der Waals surface area contributed by atoms with Gasteiger partial charge < -0.3 is 5.11 Å². The fourth-order valence-electron chi connectivity index (χ4n) is 1.08. The molecule has 16 heavy (non-hydrogen) atoms. The van der Waals surface area contributed by atoms with Crippen LogP contribution in [0.25, 0.3) is 0 Å². The molecule has 1 heterocycles.